The van der Waals surface area contributed by atoms with Gasteiger partial charge in [0.1, 0.15) is 0 Å². The molecule has 144 valence electrons. The summed E-state index contributed by atoms with van der Waals surface area (Å²) in [5.74, 6) is 4.55. The zero-order chi connectivity index (χ0) is 18.8. The van der Waals surface area contributed by atoms with Gasteiger partial charge < -0.3 is 4.99 Å². The summed E-state index contributed by atoms with van der Waals surface area (Å²) in [6.45, 7) is 7.35. The summed E-state index contributed by atoms with van der Waals surface area (Å²) in [4.78, 5) is 22.3. The van der Waals surface area contributed by atoms with Crippen molar-refractivity contribution in [2.75, 3.05) is 7.05 Å². The van der Waals surface area contributed by atoms with Gasteiger partial charge in [-0.1, -0.05) is 19.4 Å². The van der Waals surface area contributed by atoms with Crippen LogP contribution in [0.1, 0.15) is 59.3 Å². The van der Waals surface area contributed by atoms with Gasteiger partial charge in [0.2, 0.25) is 0 Å². The van der Waals surface area contributed by atoms with E-state index >= 15 is 0 Å². The second-order valence-electron chi connectivity index (χ2n) is 10.9. The van der Waals surface area contributed by atoms with Gasteiger partial charge in [-0.25, -0.2) is 0 Å². The van der Waals surface area contributed by atoms with E-state index in [1.807, 2.05) is 13.1 Å². The van der Waals surface area contributed by atoms with E-state index in [2.05, 4.69) is 32.0 Å². The lowest BCUT2D eigenvalue weighted by atomic mass is 9.43. The third kappa shape index (κ3) is 1.63. The fourth-order valence-electron chi connectivity index (χ4n) is 9.22. The number of nitrogens with zero attached hydrogens (tertiary/aromatic N) is 2. The second-order valence-corrected chi connectivity index (χ2v) is 10.9. The van der Waals surface area contributed by atoms with Crippen molar-refractivity contribution in [1.82, 2.24) is 0 Å². The van der Waals surface area contributed by atoms with Crippen molar-refractivity contribution < 1.29 is 4.79 Å². The van der Waals surface area contributed by atoms with Gasteiger partial charge in [-0.3, -0.25) is 9.79 Å². The average Bonchev–Trinajstić information content (AvgIpc) is 3.35. The number of fused-ring (bicyclic) bond motifs is 3. The maximum atomic E-state index is 12.1. The molecule has 6 rings (SSSR count). The Hall–Kier alpha value is -1.25. The van der Waals surface area contributed by atoms with Crippen LogP contribution in [0.25, 0.3) is 0 Å². The maximum absolute atomic E-state index is 12.1. The first kappa shape index (κ1) is 16.7. The van der Waals surface area contributed by atoms with Crippen molar-refractivity contribution in [3.05, 3.63) is 11.6 Å². The fraction of sp³-hybridized carbons (Fsp3) is 0.792. The Morgan fingerprint density at radius 3 is 2.81 bits per heavy atom. The van der Waals surface area contributed by atoms with E-state index in [0.29, 0.717) is 23.5 Å². The first-order valence-electron chi connectivity index (χ1n) is 11.1. The van der Waals surface area contributed by atoms with Crippen LogP contribution in [0.3, 0.4) is 0 Å². The van der Waals surface area contributed by atoms with Crippen LogP contribution in [0.4, 0.5) is 0 Å². The van der Waals surface area contributed by atoms with Crippen molar-refractivity contribution in [3.63, 3.8) is 0 Å². The summed E-state index contributed by atoms with van der Waals surface area (Å²) in [6.07, 6.45) is 11.2. The summed E-state index contributed by atoms with van der Waals surface area (Å²) in [5, 5.41) is 0. The molecule has 0 bridgehead atoms. The van der Waals surface area contributed by atoms with Crippen LogP contribution < -0.4 is 0 Å². The van der Waals surface area contributed by atoms with Gasteiger partial charge in [0, 0.05) is 42.1 Å². The third-order valence-corrected chi connectivity index (χ3v) is 10.4. The van der Waals surface area contributed by atoms with Gasteiger partial charge in [0.25, 0.3) is 0 Å². The molecule has 27 heavy (non-hydrogen) atoms. The Morgan fingerprint density at radius 1 is 1.22 bits per heavy atom. The van der Waals surface area contributed by atoms with E-state index in [1.165, 1.54) is 30.5 Å². The first-order chi connectivity index (χ1) is 12.9. The van der Waals surface area contributed by atoms with Crippen LogP contribution in [-0.2, 0) is 4.79 Å². The van der Waals surface area contributed by atoms with Crippen LogP contribution in [0.5, 0.6) is 0 Å². The van der Waals surface area contributed by atoms with Crippen LogP contribution in [-0.4, -0.2) is 30.3 Å². The molecule has 0 N–H and O–H groups in total. The van der Waals surface area contributed by atoms with Crippen molar-refractivity contribution in [2.24, 2.45) is 56.3 Å². The summed E-state index contributed by atoms with van der Waals surface area (Å²) in [7, 11) is 1.95. The SMILES string of the molecule is CN=CC1(C)C2CC2C23N=C(C)C4CC5=CC(=O)CCC5C(CCC12C)C43. The molecule has 0 radical (unpaired) electrons. The molecule has 3 heteroatoms. The third-order valence-electron chi connectivity index (χ3n) is 10.4. The molecule has 6 aliphatic rings. The highest BCUT2D eigenvalue weighted by Gasteiger charge is 2.83. The molecule has 5 aliphatic carbocycles. The quantitative estimate of drug-likeness (QED) is 0.631. The molecule has 9 atom stereocenters. The average molecular weight is 365 g/mol. The number of carbonyl (C=O) groups excluding carboxylic acids is 1. The van der Waals surface area contributed by atoms with Crippen LogP contribution >= 0.6 is 0 Å². The Morgan fingerprint density at radius 2 is 2.04 bits per heavy atom. The van der Waals surface area contributed by atoms with E-state index in [9.17, 15) is 4.79 Å². The predicted octanol–water partition coefficient (Wildman–Crippen LogP) is 4.51. The molecule has 0 aromatic rings. The summed E-state index contributed by atoms with van der Waals surface area (Å²) in [6, 6.07) is 0. The van der Waals surface area contributed by atoms with E-state index < -0.39 is 0 Å². The highest BCUT2D eigenvalue weighted by atomic mass is 16.1. The van der Waals surface area contributed by atoms with E-state index in [0.717, 1.165) is 37.0 Å². The van der Waals surface area contributed by atoms with Crippen LogP contribution in [0.15, 0.2) is 21.6 Å². The molecule has 1 spiro atoms. The number of ketones is 1. The molecule has 3 nitrogen and oxygen atoms in total. The molecule has 1 heterocycles. The number of rotatable bonds is 1. The summed E-state index contributed by atoms with van der Waals surface area (Å²) >= 11 is 0. The first-order valence-corrected chi connectivity index (χ1v) is 11.1. The van der Waals surface area contributed by atoms with E-state index in [-0.39, 0.29) is 16.4 Å². The van der Waals surface area contributed by atoms with Gasteiger partial charge in [0.15, 0.2) is 5.78 Å². The minimum absolute atomic E-state index is 0.137. The molecule has 0 aromatic carbocycles. The molecule has 4 fully saturated rings. The van der Waals surface area contributed by atoms with Gasteiger partial charge in [0.05, 0.1) is 5.54 Å². The Balaban J connectivity index is 1.52. The van der Waals surface area contributed by atoms with Gasteiger partial charge in [-0.15, -0.1) is 0 Å². The number of aliphatic imine (C=N–C) groups is 2. The number of hydrogen-bond acceptors (Lipinski definition) is 3. The monoisotopic (exact) mass is 364 g/mol. The number of hydrogen-bond donors (Lipinski definition) is 0. The van der Waals surface area contributed by atoms with Gasteiger partial charge in [-0.05, 0) is 74.7 Å². The lowest BCUT2D eigenvalue weighted by Crippen LogP contribution is -2.62. The molecular weight excluding hydrogens is 332 g/mol. The van der Waals surface area contributed by atoms with E-state index in [4.69, 9.17) is 4.99 Å². The van der Waals surface area contributed by atoms with Crippen molar-refractivity contribution in [2.45, 2.75) is 64.8 Å². The zero-order valence-electron chi connectivity index (χ0n) is 17.2. The largest absolute Gasteiger partial charge is 0.300 e. The molecule has 0 amide bonds. The Labute approximate surface area is 162 Å². The minimum atomic E-state index is 0.137. The van der Waals surface area contributed by atoms with Gasteiger partial charge >= 0.3 is 0 Å². The van der Waals surface area contributed by atoms with Crippen LogP contribution in [0, 0.1) is 46.3 Å². The standard InChI is InChI=1S/C24H32N2O/c1-13-18-10-14-9-15(27)5-6-16(14)17-7-8-23(3)22(2,12-25-4)19-11-20(19)24(23,26-13)21(17)18/h9,12,16-21H,5-8,10-11H2,1-4H3. The topological polar surface area (TPSA) is 41.8 Å². The Kier molecular flexibility index (Phi) is 2.99. The Bertz CT molecular complexity index is 839. The molecule has 0 saturated heterocycles. The minimum Gasteiger partial charge on any atom is -0.300 e. The second kappa shape index (κ2) is 4.83. The van der Waals surface area contributed by atoms with Crippen molar-refractivity contribution in [1.29, 1.82) is 0 Å². The van der Waals surface area contributed by atoms with Crippen molar-refractivity contribution in [3.8, 4) is 0 Å². The predicted molar refractivity (Wildman–Crippen MR) is 108 cm³/mol. The summed E-state index contributed by atoms with van der Waals surface area (Å²) < 4.78 is 0. The molecule has 1 aliphatic heterocycles. The highest BCUT2D eigenvalue weighted by Crippen LogP contribution is 2.83. The number of carbonyl (C=O) groups is 1. The van der Waals surface area contributed by atoms with Gasteiger partial charge in [-0.2, -0.15) is 0 Å². The molecular formula is C24H32N2O. The van der Waals surface area contributed by atoms with E-state index in [1.54, 1.807) is 0 Å². The van der Waals surface area contributed by atoms with Crippen molar-refractivity contribution >= 4 is 17.7 Å². The lowest BCUT2D eigenvalue weighted by Gasteiger charge is -2.61. The molecule has 4 saturated carbocycles. The maximum Gasteiger partial charge on any atom is 0.155 e. The highest BCUT2D eigenvalue weighted by molar-refractivity contribution is 5.93. The summed E-state index contributed by atoms with van der Waals surface area (Å²) in [5.41, 5.74) is 3.41. The smallest absolute Gasteiger partial charge is 0.155 e. The molecule has 0 aromatic heterocycles. The van der Waals surface area contributed by atoms with Crippen LogP contribution in [0.2, 0.25) is 0 Å². The number of allylic oxidation sites excluding steroid dienone is 1. The molecule has 9 unspecified atom stereocenters. The normalized spacial score (nSPS) is 57.6. The lowest BCUT2D eigenvalue weighted by molar-refractivity contribution is -0.116. The fourth-order valence-corrected chi connectivity index (χ4v) is 9.22. The zero-order valence-corrected chi connectivity index (χ0v) is 17.2.